The number of aromatic nitrogens is 2. The van der Waals surface area contributed by atoms with Gasteiger partial charge in [0.15, 0.2) is 15.5 Å². The van der Waals surface area contributed by atoms with Gasteiger partial charge in [0.25, 0.3) is 11.8 Å². The second-order valence-electron chi connectivity index (χ2n) is 7.56. The molecule has 3 aromatic rings. The van der Waals surface area contributed by atoms with Crippen molar-refractivity contribution < 1.29 is 22.7 Å². The first-order chi connectivity index (χ1) is 16.7. The number of carbonyl (C=O) groups is 2. The minimum atomic E-state index is -3.29. The topological polar surface area (TPSA) is 153 Å². The maximum Gasteiger partial charge on any atom is 0.277 e. The van der Waals surface area contributed by atoms with Crippen molar-refractivity contribution in [2.45, 2.75) is 12.2 Å². The highest BCUT2D eigenvalue weighted by atomic mass is 35.5. The monoisotopic (exact) mass is 517 g/mol. The van der Waals surface area contributed by atoms with Gasteiger partial charge in [0.2, 0.25) is 0 Å². The molecule has 10 nitrogen and oxygen atoms in total. The number of carbonyl (C=O) groups excluding carboxylic acids is 2. The number of hydrogen-bond donors (Lipinski definition) is 3. The number of pyridine rings is 2. The van der Waals surface area contributed by atoms with Crippen LogP contribution >= 0.6 is 11.6 Å². The van der Waals surface area contributed by atoms with E-state index in [4.69, 9.17) is 22.1 Å². The lowest BCUT2D eigenvalue weighted by Crippen LogP contribution is -2.20. The third-order valence-corrected chi connectivity index (χ3v) is 5.65. The Balaban J connectivity index is 1.84. The molecule has 1 aromatic carbocycles. The molecule has 3 rings (SSSR count). The van der Waals surface area contributed by atoms with Crippen molar-refractivity contribution in [2.24, 2.45) is 5.73 Å². The van der Waals surface area contributed by atoms with Gasteiger partial charge in [0, 0.05) is 18.6 Å². The lowest BCUT2D eigenvalue weighted by atomic mass is 10.1. The van der Waals surface area contributed by atoms with Crippen molar-refractivity contribution in [3.05, 3.63) is 76.7 Å². The fourth-order valence-electron chi connectivity index (χ4n) is 3.03. The number of anilines is 2. The Labute approximate surface area is 207 Å². The van der Waals surface area contributed by atoms with Crippen LogP contribution < -0.4 is 21.1 Å². The van der Waals surface area contributed by atoms with Crippen LogP contribution in [-0.2, 0) is 15.6 Å². The van der Waals surface area contributed by atoms with Crippen LogP contribution in [0.2, 0.25) is 5.02 Å². The van der Waals surface area contributed by atoms with E-state index in [1.165, 1.54) is 42.7 Å². The van der Waals surface area contributed by atoms with E-state index in [9.17, 15) is 18.0 Å². The zero-order valence-corrected chi connectivity index (χ0v) is 20.4. The molecule has 2 aromatic heterocycles. The summed E-state index contributed by atoms with van der Waals surface area (Å²) in [6, 6.07) is 10.7. The van der Waals surface area contributed by atoms with Crippen LogP contribution in [0.1, 0.15) is 32.8 Å². The molecule has 0 aliphatic heterocycles. The summed E-state index contributed by atoms with van der Waals surface area (Å²) in [6.07, 6.45) is 4.47. The predicted octanol–water partition coefficient (Wildman–Crippen LogP) is 2.91. The smallest absolute Gasteiger partial charge is 0.277 e. The lowest BCUT2D eigenvalue weighted by molar-refractivity contribution is 0.102. The Morgan fingerprint density at radius 3 is 2.57 bits per heavy atom. The average molecular weight is 518 g/mol. The number of benzene rings is 1. The van der Waals surface area contributed by atoms with Gasteiger partial charge in [-0.05, 0) is 54.9 Å². The van der Waals surface area contributed by atoms with E-state index in [2.05, 4.69) is 20.6 Å². The molecule has 0 saturated heterocycles. The molecule has 2 heterocycles. The van der Waals surface area contributed by atoms with Crippen LogP contribution in [0.15, 0.2) is 54.9 Å². The summed E-state index contributed by atoms with van der Waals surface area (Å²) in [4.78, 5) is 34.0. The van der Waals surface area contributed by atoms with Gasteiger partial charge in [0.05, 0.1) is 28.6 Å². The largest absolute Gasteiger partial charge is 0.493 e. The first kappa shape index (κ1) is 26.1. The molecular formula is C23H24ClN5O5S. The molecule has 0 unspecified atom stereocenters. The molecule has 0 bridgehead atoms. The molecule has 12 heteroatoms. The second-order valence-corrected chi connectivity index (χ2v) is 10.1. The number of amides is 2. The Kier molecular flexibility index (Phi) is 8.74. The molecule has 0 aliphatic carbocycles. The van der Waals surface area contributed by atoms with Gasteiger partial charge in [0.1, 0.15) is 11.6 Å². The number of halogens is 1. The fourth-order valence-corrected chi connectivity index (χ4v) is 3.93. The van der Waals surface area contributed by atoms with Crippen LogP contribution in [-0.4, -0.2) is 49.6 Å². The third-order valence-electron chi connectivity index (χ3n) is 4.57. The van der Waals surface area contributed by atoms with Crippen LogP contribution in [0.4, 0.5) is 11.5 Å². The fraction of sp³-hybridized carbons (Fsp3) is 0.217. The SMILES string of the molecule is CS(=O)(=O)Cc1ccc(C(=O)Nc2cccnc2C(=O)Nc2ccc(Cl)cn2)c(OCCCN)c1. The Morgan fingerprint density at radius 2 is 1.89 bits per heavy atom. The number of nitrogens with zero attached hydrogens (tertiary/aromatic N) is 2. The molecule has 4 N–H and O–H groups in total. The summed E-state index contributed by atoms with van der Waals surface area (Å²) in [7, 11) is -3.29. The Hall–Kier alpha value is -3.54. The maximum atomic E-state index is 13.1. The normalized spacial score (nSPS) is 11.1. The molecule has 184 valence electrons. The van der Waals surface area contributed by atoms with Crippen molar-refractivity contribution in [1.29, 1.82) is 0 Å². The van der Waals surface area contributed by atoms with Gasteiger partial charge >= 0.3 is 0 Å². The number of ether oxygens (including phenoxy) is 1. The van der Waals surface area contributed by atoms with Crippen molar-refractivity contribution in [1.82, 2.24) is 9.97 Å². The highest BCUT2D eigenvalue weighted by Gasteiger charge is 2.19. The molecule has 0 fully saturated rings. The first-order valence-corrected chi connectivity index (χ1v) is 12.9. The van der Waals surface area contributed by atoms with Crippen LogP contribution in [0.25, 0.3) is 0 Å². The lowest BCUT2D eigenvalue weighted by Gasteiger charge is -2.14. The van der Waals surface area contributed by atoms with E-state index in [-0.39, 0.29) is 40.9 Å². The van der Waals surface area contributed by atoms with E-state index in [0.717, 1.165) is 6.26 Å². The standard InChI is InChI=1S/C23H24ClN5O5S/c1-35(32,33)14-15-5-7-17(19(12-15)34-11-3-9-25)22(30)28-18-4-2-10-26-21(18)23(31)29-20-8-6-16(24)13-27-20/h2,4-8,10,12-13H,3,9,11,14,25H2,1H3,(H,28,30)(H,27,29,31). The minimum absolute atomic E-state index is 0.0307. The highest BCUT2D eigenvalue weighted by Crippen LogP contribution is 2.24. The summed E-state index contributed by atoms with van der Waals surface area (Å²) in [5, 5.41) is 5.69. The number of nitrogens with two attached hydrogens (primary N) is 1. The average Bonchev–Trinajstić information content (AvgIpc) is 2.80. The van der Waals surface area contributed by atoms with E-state index >= 15 is 0 Å². The van der Waals surface area contributed by atoms with Crippen LogP contribution in [0, 0.1) is 0 Å². The number of rotatable bonds is 10. The van der Waals surface area contributed by atoms with Gasteiger partial charge in [-0.2, -0.15) is 0 Å². The third kappa shape index (κ3) is 7.74. The zero-order chi connectivity index (χ0) is 25.4. The van der Waals surface area contributed by atoms with E-state index in [1.54, 1.807) is 12.1 Å². The molecule has 0 aliphatic rings. The van der Waals surface area contributed by atoms with E-state index in [1.807, 2.05) is 0 Å². The molecule has 0 spiro atoms. The summed E-state index contributed by atoms with van der Waals surface area (Å²) >= 11 is 5.82. The molecule has 0 saturated carbocycles. The minimum Gasteiger partial charge on any atom is -0.493 e. The summed E-state index contributed by atoms with van der Waals surface area (Å²) in [5.41, 5.74) is 6.29. The van der Waals surface area contributed by atoms with Crippen molar-refractivity contribution in [3.63, 3.8) is 0 Å². The van der Waals surface area contributed by atoms with Gasteiger partial charge in [-0.15, -0.1) is 0 Å². The zero-order valence-electron chi connectivity index (χ0n) is 18.8. The maximum absolute atomic E-state index is 13.1. The van der Waals surface area contributed by atoms with Crippen LogP contribution in [0.3, 0.4) is 0 Å². The Morgan fingerprint density at radius 1 is 1.09 bits per heavy atom. The van der Waals surface area contributed by atoms with E-state index < -0.39 is 21.7 Å². The molecule has 0 radical (unpaired) electrons. The van der Waals surface area contributed by atoms with Crippen molar-refractivity contribution in [2.75, 3.05) is 30.0 Å². The van der Waals surface area contributed by atoms with Crippen molar-refractivity contribution >= 4 is 44.8 Å². The predicted molar refractivity (Wildman–Crippen MR) is 134 cm³/mol. The van der Waals surface area contributed by atoms with Gasteiger partial charge in [-0.3, -0.25) is 9.59 Å². The van der Waals surface area contributed by atoms with E-state index in [0.29, 0.717) is 23.6 Å². The summed E-state index contributed by atoms with van der Waals surface area (Å²) in [6.45, 7) is 0.634. The molecule has 2 amide bonds. The summed E-state index contributed by atoms with van der Waals surface area (Å²) < 4.78 is 29.1. The molecule has 35 heavy (non-hydrogen) atoms. The molecule has 0 atom stereocenters. The second kappa shape index (κ2) is 11.7. The molecular weight excluding hydrogens is 494 g/mol. The number of hydrogen-bond acceptors (Lipinski definition) is 8. The van der Waals surface area contributed by atoms with Gasteiger partial charge in [-0.1, -0.05) is 17.7 Å². The van der Waals surface area contributed by atoms with Crippen LogP contribution in [0.5, 0.6) is 5.75 Å². The van der Waals surface area contributed by atoms with Gasteiger partial charge in [-0.25, -0.2) is 18.4 Å². The number of sulfone groups is 1. The van der Waals surface area contributed by atoms with Gasteiger partial charge < -0.3 is 21.1 Å². The quantitative estimate of drug-likeness (QED) is 0.347. The summed E-state index contributed by atoms with van der Waals surface area (Å²) in [5.74, 6) is -0.880. The Bertz CT molecular complexity index is 1320. The van der Waals surface area contributed by atoms with Crippen molar-refractivity contribution in [3.8, 4) is 5.75 Å². The first-order valence-electron chi connectivity index (χ1n) is 10.5. The number of nitrogens with one attached hydrogen (secondary N) is 2. The highest BCUT2D eigenvalue weighted by molar-refractivity contribution is 7.89.